The van der Waals surface area contributed by atoms with E-state index >= 15 is 0 Å². The highest BCUT2D eigenvalue weighted by molar-refractivity contribution is 7.85. The van der Waals surface area contributed by atoms with Gasteiger partial charge in [0, 0.05) is 0 Å². The highest BCUT2D eigenvalue weighted by Crippen LogP contribution is 2.15. The van der Waals surface area contributed by atoms with E-state index in [0.29, 0.717) is 6.42 Å². The zero-order chi connectivity index (χ0) is 20.2. The zero-order valence-electron chi connectivity index (χ0n) is 17.8. The summed E-state index contributed by atoms with van der Waals surface area (Å²) in [6, 6.07) is 0. The van der Waals surface area contributed by atoms with Gasteiger partial charge in [-0.1, -0.05) is 110 Å². The molecule has 0 fully saturated rings. The van der Waals surface area contributed by atoms with Crippen molar-refractivity contribution in [3.05, 3.63) is 0 Å². The van der Waals surface area contributed by atoms with Crippen molar-refractivity contribution in [3.8, 4) is 0 Å². The van der Waals surface area contributed by atoms with Crippen molar-refractivity contribution in [3.63, 3.8) is 0 Å². The van der Waals surface area contributed by atoms with Crippen molar-refractivity contribution in [2.75, 3.05) is 5.75 Å². The van der Waals surface area contributed by atoms with Gasteiger partial charge in [-0.25, -0.2) is 0 Å². The lowest BCUT2D eigenvalue weighted by Crippen LogP contribution is -2.06. The monoisotopic (exact) mass is 406 g/mol. The maximum absolute atomic E-state index is 10.6. The summed E-state index contributed by atoms with van der Waals surface area (Å²) in [5, 5.41) is 9.98. The molecule has 0 aromatic heterocycles. The summed E-state index contributed by atoms with van der Waals surface area (Å²) < 4.78 is 29.8. The lowest BCUT2D eigenvalue weighted by molar-refractivity contribution is 0.147. The second-order valence-corrected chi connectivity index (χ2v) is 9.75. The Morgan fingerprint density at radius 1 is 0.593 bits per heavy atom. The van der Waals surface area contributed by atoms with Gasteiger partial charge in [0.15, 0.2) is 0 Å². The Balaban J connectivity index is 3.20. The van der Waals surface area contributed by atoms with Gasteiger partial charge >= 0.3 is 0 Å². The first kappa shape index (κ1) is 26.9. The molecule has 0 rings (SSSR count). The number of aliphatic hydroxyl groups excluding tert-OH is 1. The van der Waals surface area contributed by atoms with E-state index in [9.17, 15) is 13.5 Å². The fourth-order valence-corrected chi connectivity index (χ4v) is 4.13. The first-order chi connectivity index (χ1) is 13.0. The van der Waals surface area contributed by atoms with E-state index in [1.165, 1.54) is 77.0 Å². The van der Waals surface area contributed by atoms with Crippen molar-refractivity contribution in [2.45, 2.75) is 135 Å². The molecule has 0 saturated carbocycles. The standard InChI is InChI=1S/C22H46O4S/c1-2-3-4-5-6-7-8-9-10-11-12-13-16-19-22(23)20-17-14-15-18-21-27(24,25)26/h22-23H,2-21H2,1H3,(H,24,25,26). The molecule has 27 heavy (non-hydrogen) atoms. The van der Waals surface area contributed by atoms with Gasteiger partial charge in [0.2, 0.25) is 0 Å². The molecule has 0 amide bonds. The third-order valence-electron chi connectivity index (χ3n) is 5.33. The van der Waals surface area contributed by atoms with Crippen LogP contribution < -0.4 is 0 Å². The summed E-state index contributed by atoms with van der Waals surface area (Å²) in [6.45, 7) is 2.26. The maximum atomic E-state index is 10.6. The van der Waals surface area contributed by atoms with Gasteiger partial charge in [0.1, 0.15) is 0 Å². The van der Waals surface area contributed by atoms with Crippen LogP contribution in [-0.2, 0) is 10.1 Å². The van der Waals surface area contributed by atoms with Crippen LogP contribution in [0.25, 0.3) is 0 Å². The fraction of sp³-hybridized carbons (Fsp3) is 1.00. The molecule has 2 N–H and O–H groups in total. The van der Waals surface area contributed by atoms with Gasteiger partial charge in [-0.3, -0.25) is 4.55 Å². The van der Waals surface area contributed by atoms with Crippen LogP contribution in [0.2, 0.25) is 0 Å². The molecule has 0 aromatic carbocycles. The van der Waals surface area contributed by atoms with E-state index in [1.807, 2.05) is 0 Å². The van der Waals surface area contributed by atoms with Crippen molar-refractivity contribution < 1.29 is 18.1 Å². The molecule has 0 aromatic rings. The van der Waals surface area contributed by atoms with E-state index in [0.717, 1.165) is 38.5 Å². The molecule has 0 aliphatic carbocycles. The number of aliphatic hydroxyl groups is 1. The summed E-state index contributed by atoms with van der Waals surface area (Å²) in [4.78, 5) is 0. The van der Waals surface area contributed by atoms with Crippen LogP contribution in [0, 0.1) is 0 Å². The average molecular weight is 407 g/mol. The molecule has 0 aliphatic heterocycles. The van der Waals surface area contributed by atoms with Gasteiger partial charge in [-0.2, -0.15) is 8.42 Å². The van der Waals surface area contributed by atoms with Gasteiger partial charge in [0.25, 0.3) is 10.1 Å². The van der Waals surface area contributed by atoms with Crippen molar-refractivity contribution >= 4 is 10.1 Å². The summed E-state index contributed by atoms with van der Waals surface area (Å²) >= 11 is 0. The molecular formula is C22H46O4S. The van der Waals surface area contributed by atoms with E-state index in [1.54, 1.807) is 0 Å². The molecule has 0 bridgehead atoms. The Hall–Kier alpha value is -0.130. The van der Waals surface area contributed by atoms with Crippen LogP contribution in [0.15, 0.2) is 0 Å². The molecule has 0 heterocycles. The van der Waals surface area contributed by atoms with Gasteiger partial charge in [-0.15, -0.1) is 0 Å². The molecule has 164 valence electrons. The van der Waals surface area contributed by atoms with Crippen molar-refractivity contribution in [1.29, 1.82) is 0 Å². The average Bonchev–Trinajstić information content (AvgIpc) is 2.61. The summed E-state index contributed by atoms with van der Waals surface area (Å²) in [7, 11) is -3.81. The van der Waals surface area contributed by atoms with Crippen LogP contribution in [-0.4, -0.2) is 29.9 Å². The highest BCUT2D eigenvalue weighted by atomic mass is 32.2. The second kappa shape index (κ2) is 19.2. The molecule has 0 spiro atoms. The van der Waals surface area contributed by atoms with Gasteiger partial charge < -0.3 is 5.11 Å². The molecule has 5 heteroatoms. The predicted octanol–water partition coefficient (Wildman–Crippen LogP) is 6.67. The van der Waals surface area contributed by atoms with E-state index in [4.69, 9.17) is 4.55 Å². The van der Waals surface area contributed by atoms with Crippen molar-refractivity contribution in [2.24, 2.45) is 0 Å². The highest BCUT2D eigenvalue weighted by Gasteiger charge is 2.05. The Labute approximate surface area is 169 Å². The fourth-order valence-electron chi connectivity index (χ4n) is 3.56. The summed E-state index contributed by atoms with van der Waals surface area (Å²) in [5.74, 6) is -0.144. The van der Waals surface area contributed by atoms with Crippen LogP contribution in [0.4, 0.5) is 0 Å². The molecule has 1 unspecified atom stereocenters. The Bertz CT molecular complexity index is 395. The van der Waals surface area contributed by atoms with Gasteiger partial charge in [0.05, 0.1) is 11.9 Å². The number of hydrogen-bond acceptors (Lipinski definition) is 3. The van der Waals surface area contributed by atoms with Crippen LogP contribution in [0.5, 0.6) is 0 Å². The second-order valence-electron chi connectivity index (χ2n) is 8.17. The summed E-state index contributed by atoms with van der Waals surface area (Å²) in [5.41, 5.74) is 0. The van der Waals surface area contributed by atoms with Crippen LogP contribution in [0.3, 0.4) is 0 Å². The van der Waals surface area contributed by atoms with E-state index < -0.39 is 10.1 Å². The molecule has 4 nitrogen and oxygen atoms in total. The molecular weight excluding hydrogens is 360 g/mol. The SMILES string of the molecule is CCCCCCCCCCCCCCCC(O)CCCCCCS(=O)(=O)O. The summed E-state index contributed by atoms with van der Waals surface area (Å²) in [6.07, 6.45) is 22.1. The van der Waals surface area contributed by atoms with Crippen LogP contribution >= 0.6 is 0 Å². The first-order valence-corrected chi connectivity index (χ1v) is 13.2. The largest absolute Gasteiger partial charge is 0.393 e. The van der Waals surface area contributed by atoms with E-state index in [-0.39, 0.29) is 11.9 Å². The Morgan fingerprint density at radius 3 is 1.30 bits per heavy atom. The minimum absolute atomic E-state index is 0.144. The minimum atomic E-state index is -3.81. The smallest absolute Gasteiger partial charge is 0.264 e. The van der Waals surface area contributed by atoms with E-state index in [2.05, 4.69) is 6.92 Å². The third-order valence-corrected chi connectivity index (χ3v) is 6.14. The molecule has 1 atom stereocenters. The predicted molar refractivity (Wildman–Crippen MR) is 116 cm³/mol. The molecule has 0 saturated heterocycles. The van der Waals surface area contributed by atoms with Crippen LogP contribution in [0.1, 0.15) is 129 Å². The Morgan fingerprint density at radius 2 is 0.926 bits per heavy atom. The normalized spacial score (nSPS) is 13.1. The topological polar surface area (TPSA) is 74.6 Å². The minimum Gasteiger partial charge on any atom is -0.393 e. The maximum Gasteiger partial charge on any atom is 0.264 e. The number of unbranched alkanes of at least 4 members (excludes halogenated alkanes) is 15. The number of hydrogen-bond donors (Lipinski definition) is 2. The molecule has 0 radical (unpaired) electrons. The number of rotatable bonds is 21. The lowest BCUT2D eigenvalue weighted by Gasteiger charge is -2.10. The van der Waals surface area contributed by atoms with Crippen molar-refractivity contribution in [1.82, 2.24) is 0 Å². The van der Waals surface area contributed by atoms with Gasteiger partial charge in [-0.05, 0) is 19.3 Å². The zero-order valence-corrected chi connectivity index (χ0v) is 18.7. The Kier molecular flexibility index (Phi) is 19.1. The lowest BCUT2D eigenvalue weighted by atomic mass is 10.0. The molecule has 0 aliphatic rings. The quantitative estimate of drug-likeness (QED) is 0.165. The third kappa shape index (κ3) is 23.8. The first-order valence-electron chi connectivity index (χ1n) is 11.6.